The van der Waals surface area contributed by atoms with Crippen molar-refractivity contribution in [3.8, 4) is 0 Å². The Morgan fingerprint density at radius 1 is 1.09 bits per heavy atom. The summed E-state index contributed by atoms with van der Waals surface area (Å²) in [5.41, 5.74) is 1.27. The Kier molecular flexibility index (Phi) is 4.88. The maximum absolute atomic E-state index is 12.6. The van der Waals surface area contributed by atoms with Gasteiger partial charge in [0.1, 0.15) is 5.69 Å². The molecule has 0 aromatic carbocycles. The number of aromatic nitrogens is 2. The van der Waals surface area contributed by atoms with E-state index in [4.69, 9.17) is 0 Å². The molecule has 3 rings (SSSR count). The Morgan fingerprint density at radius 3 is 2.52 bits per heavy atom. The van der Waals surface area contributed by atoms with E-state index in [0.29, 0.717) is 18.0 Å². The maximum atomic E-state index is 12.6. The summed E-state index contributed by atoms with van der Waals surface area (Å²) in [6.07, 6.45) is 8.18. The van der Waals surface area contributed by atoms with Gasteiger partial charge in [-0.15, -0.1) is 0 Å². The van der Waals surface area contributed by atoms with Gasteiger partial charge in [-0.25, -0.2) is 4.98 Å². The summed E-state index contributed by atoms with van der Waals surface area (Å²) in [6.45, 7) is 4.84. The molecule has 1 aromatic rings. The summed E-state index contributed by atoms with van der Waals surface area (Å²) in [4.78, 5) is 36.7. The van der Waals surface area contributed by atoms with E-state index in [9.17, 15) is 9.59 Å². The number of amides is 2. The second kappa shape index (κ2) is 7.06. The van der Waals surface area contributed by atoms with Gasteiger partial charge in [0, 0.05) is 45.5 Å². The standard InChI is InChI=1S/C17H24N4O2/c1-13(22)21-10-4-5-14(12-21)11-15-16(19-7-6-18-15)17(23)20-8-2-3-9-20/h6-7,14H,2-5,8-12H2,1H3/t14-/m1/s1. The number of piperidine rings is 1. The molecule has 6 heteroatoms. The van der Waals surface area contributed by atoms with Crippen LogP contribution in [0.15, 0.2) is 12.4 Å². The predicted octanol–water partition coefficient (Wildman–Crippen LogP) is 1.51. The monoisotopic (exact) mass is 316 g/mol. The lowest BCUT2D eigenvalue weighted by atomic mass is 9.92. The van der Waals surface area contributed by atoms with Crippen molar-refractivity contribution in [3.05, 3.63) is 23.8 Å². The van der Waals surface area contributed by atoms with Crippen molar-refractivity contribution in [2.75, 3.05) is 26.2 Å². The summed E-state index contributed by atoms with van der Waals surface area (Å²) in [5.74, 6) is 0.488. The van der Waals surface area contributed by atoms with Gasteiger partial charge in [0.15, 0.2) is 0 Å². The van der Waals surface area contributed by atoms with E-state index in [0.717, 1.165) is 57.6 Å². The predicted molar refractivity (Wildman–Crippen MR) is 85.9 cm³/mol. The molecular formula is C17H24N4O2. The number of nitrogens with zero attached hydrogens (tertiary/aromatic N) is 4. The Morgan fingerprint density at radius 2 is 1.78 bits per heavy atom. The Hall–Kier alpha value is -1.98. The van der Waals surface area contributed by atoms with Crippen molar-refractivity contribution in [2.45, 2.75) is 39.0 Å². The van der Waals surface area contributed by atoms with Gasteiger partial charge in [-0.3, -0.25) is 14.6 Å². The minimum atomic E-state index is 0.00448. The normalized spacial score (nSPS) is 21.5. The van der Waals surface area contributed by atoms with Gasteiger partial charge in [0.25, 0.3) is 5.91 Å². The summed E-state index contributed by atoms with van der Waals surface area (Å²) < 4.78 is 0. The van der Waals surface area contributed by atoms with Gasteiger partial charge in [0.05, 0.1) is 5.69 Å². The molecule has 2 aliphatic heterocycles. The van der Waals surface area contributed by atoms with Crippen molar-refractivity contribution >= 4 is 11.8 Å². The van der Waals surface area contributed by atoms with E-state index in [2.05, 4.69) is 9.97 Å². The molecule has 2 saturated heterocycles. The van der Waals surface area contributed by atoms with Crippen LogP contribution < -0.4 is 0 Å². The average Bonchev–Trinajstić information content (AvgIpc) is 3.09. The zero-order chi connectivity index (χ0) is 16.2. The molecule has 0 N–H and O–H groups in total. The van der Waals surface area contributed by atoms with Gasteiger partial charge >= 0.3 is 0 Å². The third-order valence-corrected chi connectivity index (χ3v) is 4.82. The maximum Gasteiger partial charge on any atom is 0.274 e. The van der Waals surface area contributed by atoms with Gasteiger partial charge in [0.2, 0.25) is 5.91 Å². The smallest absolute Gasteiger partial charge is 0.274 e. The fourth-order valence-electron chi connectivity index (χ4n) is 3.56. The first-order valence-corrected chi connectivity index (χ1v) is 8.50. The molecule has 0 unspecified atom stereocenters. The van der Waals surface area contributed by atoms with Crippen LogP contribution in [0.2, 0.25) is 0 Å². The fraction of sp³-hybridized carbons (Fsp3) is 0.647. The first kappa shape index (κ1) is 15.9. The summed E-state index contributed by atoms with van der Waals surface area (Å²) in [5, 5.41) is 0. The SMILES string of the molecule is CC(=O)N1CCC[C@H](Cc2nccnc2C(=O)N2CCCC2)C1. The molecule has 0 spiro atoms. The van der Waals surface area contributed by atoms with Gasteiger partial charge in [-0.1, -0.05) is 0 Å². The zero-order valence-electron chi connectivity index (χ0n) is 13.7. The number of carbonyl (C=O) groups is 2. The Bertz CT molecular complexity index is 584. The molecule has 0 saturated carbocycles. The van der Waals surface area contributed by atoms with Crippen LogP contribution in [0.5, 0.6) is 0 Å². The van der Waals surface area contributed by atoms with Crippen LogP contribution in [0.1, 0.15) is 48.8 Å². The Balaban J connectivity index is 1.72. The summed E-state index contributed by atoms with van der Waals surface area (Å²) in [7, 11) is 0. The molecule has 3 heterocycles. The first-order chi connectivity index (χ1) is 11.1. The lowest BCUT2D eigenvalue weighted by molar-refractivity contribution is -0.130. The van der Waals surface area contributed by atoms with Crippen molar-refractivity contribution in [1.29, 1.82) is 0 Å². The second-order valence-corrected chi connectivity index (χ2v) is 6.53. The largest absolute Gasteiger partial charge is 0.343 e. The van der Waals surface area contributed by atoms with Crippen molar-refractivity contribution in [1.82, 2.24) is 19.8 Å². The van der Waals surface area contributed by atoms with Crippen molar-refractivity contribution in [2.24, 2.45) is 5.92 Å². The molecule has 1 atom stereocenters. The molecule has 2 amide bonds. The quantitative estimate of drug-likeness (QED) is 0.848. The van der Waals surface area contributed by atoms with Gasteiger partial charge in [-0.05, 0) is 38.0 Å². The minimum absolute atomic E-state index is 0.00448. The van der Waals surface area contributed by atoms with Crippen molar-refractivity contribution in [3.63, 3.8) is 0 Å². The lowest BCUT2D eigenvalue weighted by Gasteiger charge is -2.32. The van der Waals surface area contributed by atoms with Gasteiger partial charge < -0.3 is 9.80 Å². The number of hydrogen-bond donors (Lipinski definition) is 0. The van der Waals surface area contributed by atoms with E-state index in [-0.39, 0.29) is 11.8 Å². The molecule has 2 fully saturated rings. The van der Waals surface area contributed by atoms with Gasteiger partial charge in [-0.2, -0.15) is 0 Å². The van der Waals surface area contributed by atoms with E-state index < -0.39 is 0 Å². The fourth-order valence-corrected chi connectivity index (χ4v) is 3.56. The van der Waals surface area contributed by atoms with Crippen LogP contribution in [0.25, 0.3) is 0 Å². The minimum Gasteiger partial charge on any atom is -0.343 e. The van der Waals surface area contributed by atoms with E-state index in [1.165, 1.54) is 0 Å². The third-order valence-electron chi connectivity index (χ3n) is 4.82. The molecule has 0 aliphatic carbocycles. The molecule has 0 radical (unpaired) electrons. The number of rotatable bonds is 3. The number of carbonyl (C=O) groups excluding carboxylic acids is 2. The molecule has 1 aromatic heterocycles. The topological polar surface area (TPSA) is 66.4 Å². The highest BCUT2D eigenvalue weighted by Gasteiger charge is 2.27. The summed E-state index contributed by atoms with van der Waals surface area (Å²) >= 11 is 0. The molecule has 2 aliphatic rings. The third kappa shape index (κ3) is 3.68. The van der Waals surface area contributed by atoms with E-state index >= 15 is 0 Å². The number of likely N-dealkylation sites (tertiary alicyclic amines) is 2. The number of hydrogen-bond acceptors (Lipinski definition) is 4. The molecular weight excluding hydrogens is 292 g/mol. The van der Waals surface area contributed by atoms with Crippen LogP contribution in [0.4, 0.5) is 0 Å². The highest BCUT2D eigenvalue weighted by Crippen LogP contribution is 2.22. The molecule has 23 heavy (non-hydrogen) atoms. The van der Waals surface area contributed by atoms with Crippen molar-refractivity contribution < 1.29 is 9.59 Å². The van der Waals surface area contributed by atoms with Crippen LogP contribution >= 0.6 is 0 Å². The second-order valence-electron chi connectivity index (χ2n) is 6.53. The summed E-state index contributed by atoms with van der Waals surface area (Å²) in [6, 6.07) is 0. The molecule has 0 bridgehead atoms. The zero-order valence-corrected chi connectivity index (χ0v) is 13.7. The van der Waals surface area contributed by atoms with E-state index in [1.807, 2.05) is 9.80 Å². The highest BCUT2D eigenvalue weighted by atomic mass is 16.2. The van der Waals surface area contributed by atoms with Crippen LogP contribution in [0.3, 0.4) is 0 Å². The lowest BCUT2D eigenvalue weighted by Crippen LogP contribution is -2.39. The average molecular weight is 316 g/mol. The van der Waals surface area contributed by atoms with Crippen LogP contribution in [0, 0.1) is 5.92 Å². The molecule has 124 valence electrons. The Labute approximate surface area is 136 Å². The first-order valence-electron chi connectivity index (χ1n) is 8.50. The molecule has 6 nitrogen and oxygen atoms in total. The highest BCUT2D eigenvalue weighted by molar-refractivity contribution is 5.93. The van der Waals surface area contributed by atoms with Crippen LogP contribution in [-0.4, -0.2) is 57.8 Å². The van der Waals surface area contributed by atoms with Crippen LogP contribution in [-0.2, 0) is 11.2 Å². The van der Waals surface area contributed by atoms with E-state index in [1.54, 1.807) is 19.3 Å².